The molecule has 11 heteroatoms. The van der Waals surface area contributed by atoms with Crippen molar-refractivity contribution in [2.24, 2.45) is 0 Å². The van der Waals surface area contributed by atoms with E-state index in [2.05, 4.69) is 9.02 Å². The number of benzene rings is 1. The van der Waals surface area contributed by atoms with Gasteiger partial charge < -0.3 is 14.5 Å². The van der Waals surface area contributed by atoms with Crippen LogP contribution < -0.4 is 4.84 Å². The first-order chi connectivity index (χ1) is 9.69. The first kappa shape index (κ1) is 15.6. The van der Waals surface area contributed by atoms with Crippen molar-refractivity contribution in [1.29, 1.82) is 0 Å². The second-order valence-corrected chi connectivity index (χ2v) is 8.49. The standard InChI is InChI=1S/C9H13N3O4P4/c13-6-8-5-7(3-4-20(14)15)1-2-9(8)16-12-18-10-17-11-19-12/h1-2,5,10,13,17-18H,3-4,6H2. The summed E-state index contributed by atoms with van der Waals surface area (Å²) in [4.78, 5) is 5.66. The Kier molecular flexibility index (Phi) is 6.09. The summed E-state index contributed by atoms with van der Waals surface area (Å²) in [7, 11) is -0.938. The molecule has 2 N–H and O–H groups in total. The van der Waals surface area contributed by atoms with E-state index in [9.17, 15) is 14.2 Å². The van der Waals surface area contributed by atoms with Crippen molar-refractivity contribution in [2.45, 2.75) is 13.0 Å². The average molecular weight is 351 g/mol. The van der Waals surface area contributed by atoms with Crippen LogP contribution in [-0.4, -0.2) is 24.5 Å². The Labute approximate surface area is 120 Å². The van der Waals surface area contributed by atoms with Crippen molar-refractivity contribution in [3.05, 3.63) is 29.3 Å². The molecular formula is C9H13N3O4P4. The van der Waals surface area contributed by atoms with Crippen LogP contribution in [0.3, 0.4) is 0 Å². The van der Waals surface area contributed by atoms with E-state index < -0.39 is 7.68 Å². The number of hydrogen-bond acceptors (Lipinski definition) is 5. The van der Waals surface area contributed by atoms with Gasteiger partial charge in [0.2, 0.25) is 0 Å². The topological polar surface area (TPSA) is 97.2 Å². The average Bonchev–Trinajstić information content (AvgIpc) is 2.47. The molecule has 0 fully saturated rings. The first-order valence-electron chi connectivity index (χ1n) is 5.68. The van der Waals surface area contributed by atoms with Gasteiger partial charge in [0.15, 0.2) is 14.3 Å². The van der Waals surface area contributed by atoms with Crippen LogP contribution in [0.15, 0.2) is 18.2 Å². The van der Waals surface area contributed by atoms with E-state index in [4.69, 9.17) is 4.84 Å². The maximum atomic E-state index is 10.6. The summed E-state index contributed by atoms with van der Waals surface area (Å²) in [5.74, 6) is 0.560. The number of rotatable bonds is 6. The minimum atomic E-state index is -2.38. The Balaban J connectivity index is 2.17. The number of aromatic nitrogens is 3. The van der Waals surface area contributed by atoms with Crippen molar-refractivity contribution in [2.75, 3.05) is 6.16 Å². The van der Waals surface area contributed by atoms with Gasteiger partial charge in [0, 0.05) is 14.1 Å². The van der Waals surface area contributed by atoms with E-state index in [0.29, 0.717) is 34.8 Å². The molecule has 0 saturated heterocycles. The van der Waals surface area contributed by atoms with Crippen LogP contribution in [0.4, 0.5) is 0 Å². The monoisotopic (exact) mass is 351 g/mol. The molecule has 108 valence electrons. The molecule has 0 amide bonds. The number of nitrogens with zero attached hydrogens (tertiary/aromatic N) is 2. The van der Waals surface area contributed by atoms with Crippen LogP contribution in [0.25, 0.3) is 0 Å². The molecule has 20 heavy (non-hydrogen) atoms. The van der Waals surface area contributed by atoms with Gasteiger partial charge in [0.1, 0.15) is 0 Å². The molecule has 2 rings (SSSR count). The van der Waals surface area contributed by atoms with Crippen LogP contribution in [-0.2, 0) is 22.2 Å². The molecule has 0 spiro atoms. The maximum Gasteiger partial charge on any atom is 0.316 e. The molecule has 0 saturated carbocycles. The third-order valence-electron chi connectivity index (χ3n) is 2.45. The molecule has 0 aliphatic rings. The van der Waals surface area contributed by atoms with E-state index >= 15 is 0 Å². The van der Waals surface area contributed by atoms with E-state index in [1.165, 1.54) is 0 Å². The third kappa shape index (κ3) is 4.63. The van der Waals surface area contributed by atoms with Crippen LogP contribution in [0, 0.1) is 0 Å². The zero-order valence-corrected chi connectivity index (χ0v) is 14.1. The van der Waals surface area contributed by atoms with Crippen molar-refractivity contribution in [3.8, 4) is 5.75 Å². The van der Waals surface area contributed by atoms with Gasteiger partial charge in [-0.1, -0.05) is 6.07 Å². The van der Waals surface area contributed by atoms with Crippen LogP contribution >= 0.6 is 33.2 Å². The first-order valence-corrected chi connectivity index (χ1v) is 9.73. The normalized spacial score (nSPS) is 11.4. The highest BCUT2D eigenvalue weighted by Gasteiger charge is 2.07. The summed E-state index contributed by atoms with van der Waals surface area (Å²) in [6.07, 6.45) is 0.546. The van der Waals surface area contributed by atoms with Crippen molar-refractivity contribution in [1.82, 2.24) is 13.3 Å². The SMILES string of the molecule is O=P(=O)CCc1ccc(On2pn[pH][nH][pH]2)c(CO)c1. The number of aryl methyl sites for hydroxylation is 1. The highest BCUT2D eigenvalue weighted by Crippen LogP contribution is 2.24. The Bertz CT molecular complexity index is 645. The van der Waals surface area contributed by atoms with Crippen LogP contribution in [0.2, 0.25) is 0 Å². The van der Waals surface area contributed by atoms with Gasteiger partial charge in [-0.3, -0.25) is 0 Å². The van der Waals surface area contributed by atoms with E-state index in [0.717, 1.165) is 14.1 Å². The van der Waals surface area contributed by atoms with Crippen molar-refractivity contribution >= 4 is 33.2 Å². The second-order valence-electron chi connectivity index (χ2n) is 3.81. The molecule has 7 nitrogen and oxygen atoms in total. The maximum absolute atomic E-state index is 10.6. The van der Waals surface area contributed by atoms with Gasteiger partial charge in [-0.15, -0.1) is 4.26 Å². The van der Waals surface area contributed by atoms with Crippen LogP contribution in [0.1, 0.15) is 11.1 Å². The Hall–Kier alpha value is -0.820. The van der Waals surface area contributed by atoms with Crippen molar-refractivity contribution < 1.29 is 19.1 Å². The minimum Gasteiger partial charge on any atom is -0.392 e. The fraction of sp³-hybridized carbons (Fsp3) is 0.333. The molecule has 0 radical (unpaired) electrons. The van der Waals surface area contributed by atoms with Gasteiger partial charge in [-0.05, 0) is 24.1 Å². The second kappa shape index (κ2) is 7.83. The summed E-state index contributed by atoms with van der Waals surface area (Å²) in [5.41, 5.74) is 1.50. The number of aliphatic hydroxyl groups excluding tert-OH is 1. The fourth-order valence-corrected chi connectivity index (χ4v) is 5.02. The molecule has 2 unspecified atom stereocenters. The van der Waals surface area contributed by atoms with Gasteiger partial charge in [0.25, 0.3) is 0 Å². The quantitative estimate of drug-likeness (QED) is 0.780. The number of hydrogen-bond donors (Lipinski definition) is 2. The highest BCUT2D eigenvalue weighted by molar-refractivity contribution is 7.44. The van der Waals surface area contributed by atoms with E-state index in [1.54, 1.807) is 16.4 Å². The van der Waals surface area contributed by atoms with Gasteiger partial charge in [-0.2, -0.15) is 4.51 Å². The molecule has 1 heterocycles. The Morgan fingerprint density at radius 1 is 1.50 bits per heavy atom. The third-order valence-corrected chi connectivity index (χ3v) is 5.78. The number of aliphatic hydroxyl groups is 1. The molecule has 0 aliphatic heterocycles. The molecular weight excluding hydrogens is 338 g/mol. The lowest BCUT2D eigenvalue weighted by Gasteiger charge is -2.11. The molecule has 2 aromatic rings. The number of nitrogens with one attached hydrogen (secondary N) is 1. The summed E-state index contributed by atoms with van der Waals surface area (Å²) in [6.45, 7) is -0.160. The molecule has 1 aromatic heterocycles. The number of aromatic amines is 1. The largest absolute Gasteiger partial charge is 0.392 e. The smallest absolute Gasteiger partial charge is 0.316 e. The molecule has 2 atom stereocenters. The lowest BCUT2D eigenvalue weighted by molar-refractivity contribution is 0.246. The lowest BCUT2D eigenvalue weighted by atomic mass is 10.1. The summed E-state index contributed by atoms with van der Waals surface area (Å²) in [5, 5.41) is 9.39. The van der Waals surface area contributed by atoms with Crippen molar-refractivity contribution in [3.63, 3.8) is 0 Å². The van der Waals surface area contributed by atoms with Gasteiger partial charge in [0.05, 0.1) is 21.3 Å². The van der Waals surface area contributed by atoms with E-state index in [1.807, 2.05) is 6.07 Å². The zero-order valence-electron chi connectivity index (χ0n) is 10.3. The van der Waals surface area contributed by atoms with Crippen LogP contribution in [0.5, 0.6) is 5.75 Å². The minimum absolute atomic E-state index is 0.107. The Morgan fingerprint density at radius 2 is 2.35 bits per heavy atom. The lowest BCUT2D eigenvalue weighted by Crippen LogP contribution is -2.02. The summed E-state index contributed by atoms with van der Waals surface area (Å²) >= 11 is 0. The summed E-state index contributed by atoms with van der Waals surface area (Å²) in [6, 6.07) is 5.32. The highest BCUT2D eigenvalue weighted by atomic mass is 31.1. The Morgan fingerprint density at radius 3 is 3.00 bits per heavy atom. The number of H-pyrrole nitrogens is 1. The predicted molar refractivity (Wildman–Crippen MR) is 81.0 cm³/mol. The van der Waals surface area contributed by atoms with Gasteiger partial charge >= 0.3 is 7.68 Å². The predicted octanol–water partition coefficient (Wildman–Crippen LogP) is 3.03. The molecule has 0 bridgehead atoms. The molecule has 0 aliphatic carbocycles. The molecule has 1 aromatic carbocycles. The van der Waals surface area contributed by atoms with Gasteiger partial charge in [-0.25, -0.2) is 9.13 Å². The summed E-state index contributed by atoms with van der Waals surface area (Å²) < 4.78 is 30.1. The van der Waals surface area contributed by atoms with E-state index in [-0.39, 0.29) is 12.8 Å². The fourth-order valence-electron chi connectivity index (χ4n) is 1.54. The zero-order chi connectivity index (χ0) is 14.4.